The van der Waals surface area contributed by atoms with Gasteiger partial charge in [0, 0.05) is 0 Å². The zero-order valence-electron chi connectivity index (χ0n) is 15.5. The van der Waals surface area contributed by atoms with Crippen molar-refractivity contribution < 1.29 is 38.1 Å². The SMILES string of the molecule is COC(=O)C12CC3(C(=O)OC)CC(C(=O)OC)(C1)CC(C(=O)OC)(C2)C3. The maximum atomic E-state index is 12.7. The molecule has 0 unspecified atom stereocenters. The highest BCUT2D eigenvalue weighted by Crippen LogP contribution is 2.74. The van der Waals surface area contributed by atoms with Crippen LogP contribution >= 0.6 is 0 Å². The second-order valence-electron chi connectivity index (χ2n) is 8.15. The summed E-state index contributed by atoms with van der Waals surface area (Å²) in [7, 11) is 5.06. The van der Waals surface area contributed by atoms with Crippen molar-refractivity contribution in [1.82, 2.24) is 0 Å². The van der Waals surface area contributed by atoms with Crippen LogP contribution in [-0.2, 0) is 38.1 Å². The molecule has 4 rings (SSSR count). The van der Waals surface area contributed by atoms with Crippen molar-refractivity contribution in [3.63, 3.8) is 0 Å². The minimum Gasteiger partial charge on any atom is -0.469 e. The number of esters is 4. The molecule has 0 atom stereocenters. The highest BCUT2D eigenvalue weighted by molar-refractivity contribution is 5.91. The molecule has 0 radical (unpaired) electrons. The lowest BCUT2D eigenvalue weighted by atomic mass is 9.35. The van der Waals surface area contributed by atoms with Crippen molar-refractivity contribution in [2.45, 2.75) is 38.5 Å². The van der Waals surface area contributed by atoms with E-state index in [2.05, 4.69) is 0 Å². The molecule has 0 heterocycles. The van der Waals surface area contributed by atoms with Gasteiger partial charge in [-0.15, -0.1) is 0 Å². The van der Waals surface area contributed by atoms with Crippen LogP contribution in [0.4, 0.5) is 0 Å². The summed E-state index contributed by atoms with van der Waals surface area (Å²) in [6, 6.07) is 0. The fraction of sp³-hybridized carbons (Fsp3) is 0.778. The van der Waals surface area contributed by atoms with Gasteiger partial charge in [-0.3, -0.25) is 19.2 Å². The molecule has 0 aromatic heterocycles. The van der Waals surface area contributed by atoms with Crippen molar-refractivity contribution in [2.24, 2.45) is 21.7 Å². The van der Waals surface area contributed by atoms with Crippen molar-refractivity contribution >= 4 is 23.9 Å². The van der Waals surface area contributed by atoms with E-state index in [1.165, 1.54) is 28.4 Å². The molecule has 4 saturated carbocycles. The first-order valence-corrected chi connectivity index (χ1v) is 8.51. The van der Waals surface area contributed by atoms with Gasteiger partial charge in [0.1, 0.15) is 0 Å². The molecule has 4 fully saturated rings. The Kier molecular flexibility index (Phi) is 4.08. The van der Waals surface area contributed by atoms with Crippen LogP contribution in [0.1, 0.15) is 38.5 Å². The molecule has 4 aliphatic carbocycles. The molecular weight excluding hydrogens is 344 g/mol. The zero-order valence-corrected chi connectivity index (χ0v) is 15.5. The van der Waals surface area contributed by atoms with Crippen LogP contribution in [-0.4, -0.2) is 52.3 Å². The Balaban J connectivity index is 2.24. The lowest BCUT2D eigenvalue weighted by Gasteiger charge is -2.65. The van der Waals surface area contributed by atoms with Gasteiger partial charge in [-0.1, -0.05) is 0 Å². The summed E-state index contributed by atoms with van der Waals surface area (Å²) in [5.41, 5.74) is -4.50. The van der Waals surface area contributed by atoms with Crippen LogP contribution in [0.2, 0.25) is 0 Å². The van der Waals surface area contributed by atoms with E-state index in [-0.39, 0.29) is 38.5 Å². The molecule has 0 saturated heterocycles. The third-order valence-corrected chi connectivity index (χ3v) is 6.53. The Morgan fingerprint density at radius 2 is 0.615 bits per heavy atom. The molecule has 8 nitrogen and oxygen atoms in total. The zero-order chi connectivity index (χ0) is 19.4. The number of hydrogen-bond acceptors (Lipinski definition) is 8. The van der Waals surface area contributed by atoms with Crippen molar-refractivity contribution in [2.75, 3.05) is 28.4 Å². The normalized spacial score (nSPS) is 39.8. The minimum absolute atomic E-state index is 0.191. The largest absolute Gasteiger partial charge is 0.469 e. The molecule has 144 valence electrons. The maximum Gasteiger partial charge on any atom is 0.311 e. The Morgan fingerprint density at radius 1 is 0.462 bits per heavy atom. The van der Waals surface area contributed by atoms with Gasteiger partial charge in [-0.05, 0) is 38.5 Å². The second kappa shape index (κ2) is 5.69. The van der Waals surface area contributed by atoms with Gasteiger partial charge in [0.05, 0.1) is 50.1 Å². The van der Waals surface area contributed by atoms with Gasteiger partial charge >= 0.3 is 23.9 Å². The van der Waals surface area contributed by atoms with Crippen LogP contribution in [0.3, 0.4) is 0 Å². The number of carbonyl (C=O) groups is 4. The van der Waals surface area contributed by atoms with Crippen molar-refractivity contribution in [1.29, 1.82) is 0 Å². The summed E-state index contributed by atoms with van der Waals surface area (Å²) in [6.07, 6.45) is 1.15. The van der Waals surface area contributed by atoms with Gasteiger partial charge in [-0.25, -0.2) is 0 Å². The van der Waals surface area contributed by atoms with Gasteiger partial charge < -0.3 is 18.9 Å². The van der Waals surface area contributed by atoms with E-state index >= 15 is 0 Å². The summed E-state index contributed by atoms with van der Waals surface area (Å²) in [5.74, 6) is -2.09. The molecule has 0 aliphatic heterocycles. The van der Waals surface area contributed by atoms with Crippen LogP contribution < -0.4 is 0 Å². The molecule has 0 N–H and O–H groups in total. The number of hydrogen-bond donors (Lipinski definition) is 0. The van der Waals surface area contributed by atoms with E-state index < -0.39 is 45.5 Å². The van der Waals surface area contributed by atoms with Crippen molar-refractivity contribution in [3.8, 4) is 0 Å². The highest BCUT2D eigenvalue weighted by atomic mass is 16.5. The molecule has 0 spiro atoms. The topological polar surface area (TPSA) is 105 Å². The standard InChI is InChI=1S/C18H24O8/c1-23-11(19)15-5-16(12(20)24-2)8-17(6-15,13(21)25-3)10-18(7-15,9-16)14(22)26-4/h5-10H2,1-4H3. The predicted octanol–water partition coefficient (Wildman–Crippen LogP) is 1.01. The Bertz CT molecular complexity index is 529. The van der Waals surface area contributed by atoms with Gasteiger partial charge in [0.2, 0.25) is 0 Å². The van der Waals surface area contributed by atoms with Crippen molar-refractivity contribution in [3.05, 3.63) is 0 Å². The van der Waals surface area contributed by atoms with Crippen LogP contribution in [0, 0.1) is 21.7 Å². The highest BCUT2D eigenvalue weighted by Gasteiger charge is 2.77. The first-order chi connectivity index (χ1) is 12.2. The monoisotopic (exact) mass is 368 g/mol. The molecule has 4 bridgehead atoms. The lowest BCUT2D eigenvalue weighted by molar-refractivity contribution is -0.233. The Hall–Kier alpha value is -2.12. The van der Waals surface area contributed by atoms with E-state index in [9.17, 15) is 19.2 Å². The van der Waals surface area contributed by atoms with E-state index in [4.69, 9.17) is 18.9 Å². The predicted molar refractivity (Wildman–Crippen MR) is 85.5 cm³/mol. The molecule has 0 aromatic rings. The minimum atomic E-state index is -1.12. The first-order valence-electron chi connectivity index (χ1n) is 8.51. The van der Waals surface area contributed by atoms with Crippen LogP contribution in [0.15, 0.2) is 0 Å². The first kappa shape index (κ1) is 18.7. The van der Waals surface area contributed by atoms with Crippen LogP contribution in [0.25, 0.3) is 0 Å². The fourth-order valence-corrected chi connectivity index (χ4v) is 6.37. The summed E-state index contributed by atoms with van der Waals surface area (Å²) in [4.78, 5) is 51.0. The lowest BCUT2D eigenvalue weighted by Crippen LogP contribution is -2.69. The fourth-order valence-electron chi connectivity index (χ4n) is 6.37. The second-order valence-corrected chi connectivity index (χ2v) is 8.15. The number of carbonyl (C=O) groups excluding carboxylic acids is 4. The molecule has 26 heavy (non-hydrogen) atoms. The number of ether oxygens (including phenoxy) is 4. The molecule has 0 amide bonds. The maximum absolute atomic E-state index is 12.7. The van der Waals surface area contributed by atoms with E-state index in [1.54, 1.807) is 0 Å². The number of methoxy groups -OCH3 is 4. The molecule has 0 aromatic carbocycles. The van der Waals surface area contributed by atoms with E-state index in [1.807, 2.05) is 0 Å². The van der Waals surface area contributed by atoms with E-state index in [0.29, 0.717) is 0 Å². The third kappa shape index (κ3) is 2.20. The average molecular weight is 368 g/mol. The molecule has 4 aliphatic rings. The average Bonchev–Trinajstić information content (AvgIpc) is 2.63. The Morgan fingerprint density at radius 3 is 0.731 bits per heavy atom. The summed E-state index contributed by atoms with van der Waals surface area (Å²) >= 11 is 0. The summed E-state index contributed by atoms with van der Waals surface area (Å²) < 4.78 is 20.1. The molecule has 8 heteroatoms. The van der Waals surface area contributed by atoms with Gasteiger partial charge in [0.15, 0.2) is 0 Å². The van der Waals surface area contributed by atoms with Gasteiger partial charge in [-0.2, -0.15) is 0 Å². The van der Waals surface area contributed by atoms with E-state index in [0.717, 1.165) is 0 Å². The quantitative estimate of drug-likeness (QED) is 0.535. The van der Waals surface area contributed by atoms with Crippen LogP contribution in [0.5, 0.6) is 0 Å². The smallest absolute Gasteiger partial charge is 0.311 e. The Labute approximate surface area is 151 Å². The third-order valence-electron chi connectivity index (χ3n) is 6.53. The number of rotatable bonds is 4. The van der Waals surface area contributed by atoms with Gasteiger partial charge in [0.25, 0.3) is 0 Å². The summed E-state index contributed by atoms with van der Waals surface area (Å²) in [6.45, 7) is 0. The summed E-state index contributed by atoms with van der Waals surface area (Å²) in [5, 5.41) is 0. The molecular formula is C18H24O8.